The van der Waals surface area contributed by atoms with Crippen molar-refractivity contribution >= 4 is 11.9 Å². The van der Waals surface area contributed by atoms with Crippen molar-refractivity contribution in [1.82, 2.24) is 15.1 Å². The third-order valence-corrected chi connectivity index (χ3v) is 7.17. The number of methoxy groups -OCH3 is 1. The molecule has 7 nitrogen and oxygen atoms in total. The number of hydrogen-bond donors (Lipinski definition) is 1. The molecule has 2 atom stereocenters. The summed E-state index contributed by atoms with van der Waals surface area (Å²) in [5.74, 6) is 1.26. The van der Waals surface area contributed by atoms with Crippen LogP contribution in [0.15, 0.2) is 42.5 Å². The van der Waals surface area contributed by atoms with Gasteiger partial charge in [-0.15, -0.1) is 0 Å². The summed E-state index contributed by atoms with van der Waals surface area (Å²) in [6.45, 7) is 0.936. The summed E-state index contributed by atoms with van der Waals surface area (Å²) in [7, 11) is 3.45. The molecule has 0 unspecified atom stereocenters. The molecule has 3 amide bonds. The molecule has 0 aromatic heterocycles. The summed E-state index contributed by atoms with van der Waals surface area (Å²) in [5.41, 5.74) is 2.49. The van der Waals surface area contributed by atoms with Crippen molar-refractivity contribution in [3.8, 4) is 22.6 Å². The fourth-order valence-corrected chi connectivity index (χ4v) is 5.21. The van der Waals surface area contributed by atoms with Gasteiger partial charge < -0.3 is 24.6 Å². The van der Waals surface area contributed by atoms with Crippen molar-refractivity contribution in [2.45, 2.75) is 50.3 Å². The average Bonchev–Trinajstić information content (AvgIpc) is 3.24. The van der Waals surface area contributed by atoms with E-state index < -0.39 is 0 Å². The van der Waals surface area contributed by atoms with Crippen LogP contribution in [0.25, 0.3) is 11.1 Å². The number of carbonyl (C=O) groups excluding carboxylic acids is 2. The van der Waals surface area contributed by atoms with E-state index in [1.165, 1.54) is 19.3 Å². The first kappa shape index (κ1) is 21.6. The lowest BCUT2D eigenvalue weighted by Gasteiger charge is -2.27. The number of nitrogens with zero attached hydrogens (tertiary/aromatic N) is 2. The zero-order valence-electron chi connectivity index (χ0n) is 19.3. The Kier molecular flexibility index (Phi) is 5.87. The fourth-order valence-electron chi connectivity index (χ4n) is 5.21. The van der Waals surface area contributed by atoms with Crippen LogP contribution in [-0.2, 0) is 0 Å². The van der Waals surface area contributed by atoms with Crippen LogP contribution in [0.5, 0.6) is 11.5 Å². The predicted molar refractivity (Wildman–Crippen MR) is 126 cm³/mol. The van der Waals surface area contributed by atoms with Crippen LogP contribution in [0.2, 0.25) is 0 Å². The van der Waals surface area contributed by atoms with E-state index in [-0.39, 0.29) is 30.1 Å². The number of amides is 3. The van der Waals surface area contributed by atoms with Crippen molar-refractivity contribution in [2.24, 2.45) is 0 Å². The highest BCUT2D eigenvalue weighted by Gasteiger charge is 2.44. The minimum absolute atomic E-state index is 0.0511. The second-order valence-corrected chi connectivity index (χ2v) is 9.27. The first-order valence-corrected chi connectivity index (χ1v) is 11.8. The van der Waals surface area contributed by atoms with E-state index in [1.807, 2.05) is 42.5 Å². The normalized spacial score (nSPS) is 22.8. The third kappa shape index (κ3) is 4.24. The Morgan fingerprint density at radius 2 is 1.85 bits per heavy atom. The molecule has 1 N–H and O–H groups in total. The van der Waals surface area contributed by atoms with E-state index in [4.69, 9.17) is 9.47 Å². The SMILES string of the molecule is COc1cccc(-c2ccc3c(c2)O[C@H]2CN(C(=O)NC4CCCCC4)C[C@H]2N(C)C3=O)c1. The Hall–Kier alpha value is -3.22. The highest BCUT2D eigenvalue weighted by atomic mass is 16.5. The largest absolute Gasteiger partial charge is 0.497 e. The second kappa shape index (κ2) is 8.96. The number of carbonyl (C=O) groups is 2. The summed E-state index contributed by atoms with van der Waals surface area (Å²) in [4.78, 5) is 29.7. The van der Waals surface area contributed by atoms with Gasteiger partial charge in [-0.1, -0.05) is 37.5 Å². The van der Waals surface area contributed by atoms with Crippen LogP contribution < -0.4 is 14.8 Å². The summed E-state index contributed by atoms with van der Waals surface area (Å²) in [6, 6.07) is 13.5. The Labute approximate surface area is 194 Å². The Balaban J connectivity index is 1.37. The highest BCUT2D eigenvalue weighted by molar-refractivity contribution is 5.98. The predicted octanol–water partition coefficient (Wildman–Crippen LogP) is 3.92. The lowest BCUT2D eigenvalue weighted by Crippen LogP contribution is -2.46. The first-order chi connectivity index (χ1) is 16.0. The van der Waals surface area contributed by atoms with Gasteiger partial charge in [0.05, 0.1) is 25.3 Å². The van der Waals surface area contributed by atoms with Crippen LogP contribution >= 0.6 is 0 Å². The summed E-state index contributed by atoms with van der Waals surface area (Å²) in [6.07, 6.45) is 5.41. The van der Waals surface area contributed by atoms with Crippen molar-refractivity contribution in [3.05, 3.63) is 48.0 Å². The summed E-state index contributed by atoms with van der Waals surface area (Å²) < 4.78 is 11.7. The molecule has 2 aromatic rings. The zero-order valence-corrected chi connectivity index (χ0v) is 19.3. The van der Waals surface area contributed by atoms with Gasteiger partial charge in [-0.3, -0.25) is 4.79 Å². The number of likely N-dealkylation sites (tertiary alicyclic amines) is 1. The molecule has 0 spiro atoms. The number of benzene rings is 2. The smallest absolute Gasteiger partial charge is 0.317 e. The first-order valence-electron chi connectivity index (χ1n) is 11.8. The minimum Gasteiger partial charge on any atom is -0.497 e. The number of ether oxygens (including phenoxy) is 2. The van der Waals surface area contributed by atoms with Crippen LogP contribution in [0.3, 0.4) is 0 Å². The molecule has 33 heavy (non-hydrogen) atoms. The van der Waals surface area contributed by atoms with Crippen molar-refractivity contribution in [1.29, 1.82) is 0 Å². The number of likely N-dealkylation sites (N-methyl/N-ethyl adjacent to an activating group) is 1. The summed E-state index contributed by atoms with van der Waals surface area (Å²) >= 11 is 0. The van der Waals surface area contributed by atoms with Gasteiger partial charge in [-0.05, 0) is 48.2 Å². The Morgan fingerprint density at radius 1 is 1.06 bits per heavy atom. The zero-order chi connectivity index (χ0) is 22.9. The highest BCUT2D eigenvalue weighted by Crippen LogP contribution is 2.35. The van der Waals surface area contributed by atoms with E-state index in [1.54, 1.807) is 24.0 Å². The average molecular weight is 450 g/mol. The molecule has 7 heteroatoms. The standard InChI is InChI=1S/C26H31N3O4/c1-28-22-15-29(26(31)27-19-8-4-3-5-9-19)16-24(22)33-23-14-18(11-12-21(23)25(28)30)17-7-6-10-20(13-17)32-2/h6-7,10-14,19,22,24H,3-5,8-9,15-16H2,1-2H3,(H,27,31)/t22-,24+/m1/s1. The molecule has 2 aliphatic heterocycles. The van der Waals surface area contributed by atoms with Gasteiger partial charge in [0.1, 0.15) is 17.6 Å². The molecule has 2 fully saturated rings. The van der Waals surface area contributed by atoms with Crippen molar-refractivity contribution < 1.29 is 19.1 Å². The van der Waals surface area contributed by atoms with Gasteiger partial charge in [-0.25, -0.2) is 4.79 Å². The number of nitrogens with one attached hydrogen (secondary N) is 1. The fraction of sp³-hybridized carbons (Fsp3) is 0.462. The Bertz CT molecular complexity index is 1050. The second-order valence-electron chi connectivity index (χ2n) is 9.27. The van der Waals surface area contributed by atoms with Crippen LogP contribution in [0.1, 0.15) is 42.5 Å². The molecular formula is C26H31N3O4. The van der Waals surface area contributed by atoms with Crippen LogP contribution in [0.4, 0.5) is 4.79 Å². The molecule has 2 heterocycles. The third-order valence-electron chi connectivity index (χ3n) is 7.17. The van der Waals surface area contributed by atoms with Gasteiger partial charge in [0, 0.05) is 19.6 Å². The molecule has 0 radical (unpaired) electrons. The molecule has 1 saturated heterocycles. The maximum Gasteiger partial charge on any atom is 0.317 e. The summed E-state index contributed by atoms with van der Waals surface area (Å²) in [5, 5.41) is 3.19. The molecule has 5 rings (SSSR count). The lowest BCUT2D eigenvalue weighted by atomic mass is 9.96. The number of hydrogen-bond acceptors (Lipinski definition) is 4. The molecule has 1 saturated carbocycles. The maximum atomic E-state index is 13.2. The maximum absolute atomic E-state index is 13.2. The molecular weight excluding hydrogens is 418 g/mol. The van der Waals surface area contributed by atoms with E-state index in [0.29, 0.717) is 24.4 Å². The quantitative estimate of drug-likeness (QED) is 0.771. The van der Waals surface area contributed by atoms with Gasteiger partial charge in [0.25, 0.3) is 5.91 Å². The molecule has 0 bridgehead atoms. The van der Waals surface area contributed by atoms with Crippen molar-refractivity contribution in [3.63, 3.8) is 0 Å². The number of fused-ring (bicyclic) bond motifs is 2. The van der Waals surface area contributed by atoms with Gasteiger partial charge in [0.2, 0.25) is 0 Å². The lowest BCUT2D eigenvalue weighted by molar-refractivity contribution is 0.0682. The van der Waals surface area contributed by atoms with Crippen LogP contribution in [0, 0.1) is 0 Å². The minimum atomic E-state index is -0.266. The molecule has 2 aromatic carbocycles. The van der Waals surface area contributed by atoms with E-state index in [9.17, 15) is 9.59 Å². The Morgan fingerprint density at radius 3 is 2.64 bits per heavy atom. The van der Waals surface area contributed by atoms with E-state index >= 15 is 0 Å². The number of rotatable bonds is 3. The van der Waals surface area contributed by atoms with E-state index in [2.05, 4.69) is 5.32 Å². The topological polar surface area (TPSA) is 71.1 Å². The van der Waals surface area contributed by atoms with Gasteiger partial charge in [-0.2, -0.15) is 0 Å². The number of urea groups is 1. The van der Waals surface area contributed by atoms with Crippen LogP contribution in [-0.4, -0.2) is 67.2 Å². The molecule has 174 valence electrons. The van der Waals surface area contributed by atoms with Crippen molar-refractivity contribution in [2.75, 3.05) is 27.2 Å². The van der Waals surface area contributed by atoms with Gasteiger partial charge >= 0.3 is 6.03 Å². The van der Waals surface area contributed by atoms with Gasteiger partial charge in [0.15, 0.2) is 0 Å². The molecule has 3 aliphatic rings. The monoisotopic (exact) mass is 449 g/mol. The van der Waals surface area contributed by atoms with E-state index in [0.717, 1.165) is 29.7 Å². The molecule has 1 aliphatic carbocycles.